The van der Waals surface area contributed by atoms with Crippen molar-refractivity contribution in [2.24, 2.45) is 5.10 Å². The van der Waals surface area contributed by atoms with Crippen LogP contribution in [0.3, 0.4) is 0 Å². The first-order valence-electron chi connectivity index (χ1n) is 11.8. The van der Waals surface area contributed by atoms with Crippen LogP contribution in [-0.2, 0) is 9.53 Å². The average Bonchev–Trinajstić information content (AvgIpc) is 3.33. The number of hydrogen-bond acceptors (Lipinski definition) is 7. The minimum atomic E-state index is -0.909. The van der Waals surface area contributed by atoms with Gasteiger partial charge >= 0.3 is 5.97 Å². The molecule has 0 fully saturated rings. The first-order valence-corrected chi connectivity index (χ1v) is 13.4. The van der Waals surface area contributed by atoms with Crippen molar-refractivity contribution in [3.8, 4) is 17.3 Å². The molecule has 0 unspecified atom stereocenters. The SMILES string of the molecule is CCOC(=O)[C@@H](C)Oc1c(Cl)cc(C=Nn2c(-c3cc4cc(Br)ccc4o3)nc3ccccc3c2=O)cc1Cl. The summed E-state index contributed by atoms with van der Waals surface area (Å²) in [7, 11) is 0. The van der Waals surface area contributed by atoms with Gasteiger partial charge in [-0.25, -0.2) is 9.78 Å². The predicted octanol–water partition coefficient (Wildman–Crippen LogP) is 7.09. The summed E-state index contributed by atoms with van der Waals surface area (Å²) in [5.74, 6) is 0.192. The van der Waals surface area contributed by atoms with Gasteiger partial charge in [-0.15, -0.1) is 0 Å². The standard InChI is InChI=1S/C28H20BrCl2N3O5/c1-3-37-28(36)15(2)38-25-20(30)10-16(11-21(25)31)14-32-34-26(33-22-7-5-4-6-19(22)27(34)35)24-13-17-12-18(29)8-9-23(17)39-24/h4-15H,3H2,1-2H3/t15-/m1/s1. The number of para-hydroxylation sites is 1. The highest BCUT2D eigenvalue weighted by molar-refractivity contribution is 9.10. The van der Waals surface area contributed by atoms with Crippen LogP contribution >= 0.6 is 39.1 Å². The molecule has 0 aliphatic heterocycles. The number of benzene rings is 3. The molecule has 198 valence electrons. The van der Waals surface area contributed by atoms with Gasteiger partial charge in [-0.05, 0) is 67.9 Å². The van der Waals surface area contributed by atoms with Gasteiger partial charge in [-0.2, -0.15) is 9.78 Å². The maximum Gasteiger partial charge on any atom is 0.347 e. The number of hydrogen-bond donors (Lipinski definition) is 0. The first-order chi connectivity index (χ1) is 18.7. The van der Waals surface area contributed by atoms with Gasteiger partial charge in [0.05, 0.1) is 33.8 Å². The predicted molar refractivity (Wildman–Crippen MR) is 155 cm³/mol. The minimum Gasteiger partial charge on any atom is -0.476 e. The summed E-state index contributed by atoms with van der Waals surface area (Å²) in [6, 6.07) is 17.5. The summed E-state index contributed by atoms with van der Waals surface area (Å²) in [6.45, 7) is 3.46. The molecule has 1 atom stereocenters. The minimum absolute atomic E-state index is 0.134. The van der Waals surface area contributed by atoms with Crippen LogP contribution in [0.4, 0.5) is 0 Å². The Morgan fingerprint density at radius 1 is 1.15 bits per heavy atom. The van der Waals surface area contributed by atoms with Crippen LogP contribution in [0.5, 0.6) is 5.75 Å². The van der Waals surface area contributed by atoms with Crippen LogP contribution < -0.4 is 10.3 Å². The van der Waals surface area contributed by atoms with Crippen LogP contribution in [0.2, 0.25) is 10.0 Å². The molecule has 0 aliphatic rings. The van der Waals surface area contributed by atoms with Crippen molar-refractivity contribution in [2.75, 3.05) is 6.61 Å². The molecular formula is C28H20BrCl2N3O5. The molecule has 5 aromatic rings. The highest BCUT2D eigenvalue weighted by Gasteiger charge is 2.20. The van der Waals surface area contributed by atoms with Gasteiger partial charge < -0.3 is 13.9 Å². The van der Waals surface area contributed by atoms with E-state index in [0.29, 0.717) is 27.8 Å². The topological polar surface area (TPSA) is 95.9 Å². The second-order valence-corrected chi connectivity index (χ2v) is 10.2. The van der Waals surface area contributed by atoms with E-state index in [1.807, 2.05) is 18.2 Å². The summed E-state index contributed by atoms with van der Waals surface area (Å²) in [5, 5.41) is 5.98. The number of fused-ring (bicyclic) bond motifs is 2. The molecule has 0 amide bonds. The average molecular weight is 629 g/mol. The quantitative estimate of drug-likeness (QED) is 0.141. The van der Waals surface area contributed by atoms with E-state index in [2.05, 4.69) is 26.0 Å². The smallest absolute Gasteiger partial charge is 0.347 e. The van der Waals surface area contributed by atoms with Crippen molar-refractivity contribution in [3.63, 3.8) is 0 Å². The Hall–Kier alpha value is -3.66. The molecule has 0 saturated heterocycles. The Morgan fingerprint density at radius 2 is 1.90 bits per heavy atom. The number of esters is 1. The molecule has 2 heterocycles. The number of nitrogens with zero attached hydrogens (tertiary/aromatic N) is 3. The monoisotopic (exact) mass is 627 g/mol. The fourth-order valence-electron chi connectivity index (χ4n) is 3.89. The van der Waals surface area contributed by atoms with E-state index in [1.165, 1.54) is 17.8 Å². The van der Waals surface area contributed by atoms with Gasteiger partial charge in [0, 0.05) is 9.86 Å². The summed E-state index contributed by atoms with van der Waals surface area (Å²) < 4.78 is 18.7. The van der Waals surface area contributed by atoms with Crippen LogP contribution in [0.15, 0.2) is 79.4 Å². The van der Waals surface area contributed by atoms with Crippen LogP contribution in [-0.4, -0.2) is 34.6 Å². The van der Waals surface area contributed by atoms with Crippen molar-refractivity contribution in [3.05, 3.63) is 91.1 Å². The molecule has 0 N–H and O–H groups in total. The van der Waals surface area contributed by atoms with E-state index in [0.717, 1.165) is 9.86 Å². The molecular weight excluding hydrogens is 609 g/mol. The van der Waals surface area contributed by atoms with E-state index in [-0.39, 0.29) is 33.8 Å². The molecule has 8 nitrogen and oxygen atoms in total. The fraction of sp³-hybridized carbons (Fsp3) is 0.143. The van der Waals surface area contributed by atoms with Crippen LogP contribution in [0.25, 0.3) is 33.5 Å². The van der Waals surface area contributed by atoms with E-state index in [9.17, 15) is 9.59 Å². The third-order valence-corrected chi connectivity index (χ3v) is 6.76. The van der Waals surface area contributed by atoms with E-state index in [4.69, 9.17) is 37.1 Å². The second kappa shape index (κ2) is 11.2. The highest BCUT2D eigenvalue weighted by atomic mass is 79.9. The summed E-state index contributed by atoms with van der Waals surface area (Å²) in [4.78, 5) is 30.1. The number of ether oxygens (including phenoxy) is 2. The Labute approximate surface area is 240 Å². The second-order valence-electron chi connectivity index (χ2n) is 8.43. The van der Waals surface area contributed by atoms with Crippen molar-refractivity contribution in [1.82, 2.24) is 9.66 Å². The Morgan fingerprint density at radius 3 is 2.64 bits per heavy atom. The Balaban J connectivity index is 1.56. The van der Waals surface area contributed by atoms with Crippen LogP contribution in [0.1, 0.15) is 19.4 Å². The Kier molecular flexibility index (Phi) is 7.74. The largest absolute Gasteiger partial charge is 0.476 e. The molecule has 3 aromatic carbocycles. The van der Waals surface area contributed by atoms with Gasteiger partial charge in [-0.3, -0.25) is 4.79 Å². The molecule has 11 heteroatoms. The summed E-state index contributed by atoms with van der Waals surface area (Å²) in [5.41, 5.74) is 1.25. The van der Waals surface area contributed by atoms with Gasteiger partial charge in [0.15, 0.2) is 17.6 Å². The van der Waals surface area contributed by atoms with E-state index in [1.54, 1.807) is 49.4 Å². The number of aromatic nitrogens is 2. The lowest BCUT2D eigenvalue weighted by Crippen LogP contribution is -2.26. The Bertz CT molecular complexity index is 1790. The summed E-state index contributed by atoms with van der Waals surface area (Å²) in [6.07, 6.45) is 0.519. The maximum absolute atomic E-state index is 13.5. The van der Waals surface area contributed by atoms with E-state index >= 15 is 0 Å². The zero-order chi connectivity index (χ0) is 27.7. The lowest BCUT2D eigenvalue weighted by molar-refractivity contribution is -0.150. The first kappa shape index (κ1) is 26.9. The molecule has 2 aromatic heterocycles. The molecule has 0 spiro atoms. The number of rotatable bonds is 7. The third-order valence-electron chi connectivity index (χ3n) is 5.71. The van der Waals surface area contributed by atoms with Crippen molar-refractivity contribution in [2.45, 2.75) is 20.0 Å². The van der Waals surface area contributed by atoms with Crippen molar-refractivity contribution >= 4 is 73.2 Å². The lowest BCUT2D eigenvalue weighted by atomic mass is 10.2. The molecule has 5 rings (SSSR count). The molecule has 39 heavy (non-hydrogen) atoms. The lowest BCUT2D eigenvalue weighted by Gasteiger charge is -2.16. The summed E-state index contributed by atoms with van der Waals surface area (Å²) >= 11 is 16.3. The van der Waals surface area contributed by atoms with Gasteiger partial charge in [0.25, 0.3) is 5.56 Å². The van der Waals surface area contributed by atoms with Gasteiger partial charge in [0.2, 0.25) is 5.82 Å². The number of carbonyl (C=O) groups excluding carboxylic acids is 1. The van der Waals surface area contributed by atoms with Crippen molar-refractivity contribution < 1.29 is 18.7 Å². The van der Waals surface area contributed by atoms with Gasteiger partial charge in [-0.1, -0.05) is 51.3 Å². The molecule has 0 saturated carbocycles. The van der Waals surface area contributed by atoms with Crippen molar-refractivity contribution in [1.29, 1.82) is 0 Å². The van der Waals surface area contributed by atoms with Gasteiger partial charge in [0.1, 0.15) is 5.58 Å². The zero-order valence-corrected chi connectivity index (χ0v) is 23.7. The number of halogens is 3. The molecule has 0 radical (unpaired) electrons. The zero-order valence-electron chi connectivity index (χ0n) is 20.7. The maximum atomic E-state index is 13.5. The normalized spacial score (nSPS) is 12.3. The highest BCUT2D eigenvalue weighted by Crippen LogP contribution is 2.35. The number of carbonyl (C=O) groups is 1. The number of furan rings is 1. The van der Waals surface area contributed by atoms with E-state index < -0.39 is 12.1 Å². The molecule has 0 bridgehead atoms. The molecule has 0 aliphatic carbocycles. The fourth-order valence-corrected chi connectivity index (χ4v) is 4.86. The van der Waals surface area contributed by atoms with Crippen LogP contribution in [0, 0.1) is 0 Å². The third kappa shape index (κ3) is 5.56.